The molecule has 0 aliphatic rings. The van der Waals surface area contributed by atoms with E-state index in [1.165, 1.54) is 87.0 Å². The summed E-state index contributed by atoms with van der Waals surface area (Å²) in [7, 11) is -2.11. The molecule has 0 unspecified atom stereocenters. The first-order chi connectivity index (χ1) is 49.8. The first-order valence-corrected chi connectivity index (χ1v) is 37.9. The molecule has 21 rings (SSSR count). The van der Waals surface area contributed by atoms with Crippen LogP contribution in [-0.4, -0.2) is 26.3 Å². The summed E-state index contributed by atoms with van der Waals surface area (Å²) in [6.07, 6.45) is 0. The monoisotopic (exact) mass is 1310 g/mol. The van der Waals surface area contributed by atoms with Crippen LogP contribution in [0.3, 0.4) is 0 Å². The molecule has 0 bridgehead atoms. The van der Waals surface area contributed by atoms with Crippen molar-refractivity contribution in [3.05, 3.63) is 333 Å². The maximum Gasteiger partial charge on any atom is 0.138 e. The van der Waals surface area contributed by atoms with Crippen molar-refractivity contribution in [2.45, 2.75) is 19.1 Å². The van der Waals surface area contributed by atoms with Gasteiger partial charge in [0.15, 0.2) is 0 Å². The van der Waals surface area contributed by atoms with Gasteiger partial charge in [-0.1, -0.05) is 194 Å². The molecule has 0 amide bonds. The van der Waals surface area contributed by atoms with E-state index < -0.39 is 8.07 Å². The van der Waals surface area contributed by atoms with Gasteiger partial charge in [-0.05, 0) is 179 Å². The third-order valence-corrected chi connectivity index (χ3v) is 24.6. The van der Waals surface area contributed by atoms with E-state index in [9.17, 15) is 0 Å². The molecule has 6 heterocycles. The Balaban J connectivity index is 0.588. The molecule has 15 aromatic carbocycles. The fourth-order valence-electron chi connectivity index (χ4n) is 16.6. The zero-order valence-electron chi connectivity index (χ0n) is 55.4. The third-order valence-electron chi connectivity index (χ3n) is 21.4. The van der Waals surface area contributed by atoms with Crippen molar-refractivity contribution in [2.75, 3.05) is 0 Å². The van der Waals surface area contributed by atoms with E-state index in [0.29, 0.717) is 0 Å². The molecular weight excluding hydrogens is 1250 g/mol. The van der Waals surface area contributed by atoms with Gasteiger partial charge in [-0.15, -0.1) is 0 Å². The molecular formula is C93H62N4O3Si. The highest BCUT2D eigenvalue weighted by molar-refractivity contribution is 6.89. The Morgan fingerprint density at radius 3 is 1.26 bits per heavy atom. The summed E-state index contributed by atoms with van der Waals surface area (Å²) < 4.78 is 29.2. The maximum absolute atomic E-state index is 7.12. The normalized spacial score (nSPS) is 12.3. The highest BCUT2D eigenvalue weighted by atomic mass is 28.3. The van der Waals surface area contributed by atoms with Gasteiger partial charge in [-0.25, -0.2) is 0 Å². The largest absolute Gasteiger partial charge is 0.457 e. The molecule has 0 spiro atoms. The molecule has 21 aromatic rings. The molecule has 0 N–H and O–H groups in total. The van der Waals surface area contributed by atoms with Gasteiger partial charge in [0.25, 0.3) is 0 Å². The lowest BCUT2D eigenvalue weighted by Crippen LogP contribution is -2.44. The first kappa shape index (κ1) is 57.2. The zero-order valence-corrected chi connectivity index (χ0v) is 56.4. The van der Waals surface area contributed by atoms with Gasteiger partial charge in [0.2, 0.25) is 0 Å². The van der Waals surface area contributed by atoms with Gasteiger partial charge >= 0.3 is 0 Å². The molecule has 476 valence electrons. The Hall–Kier alpha value is -12.9. The summed E-state index contributed by atoms with van der Waals surface area (Å²) in [5.74, 6) is 1.62. The summed E-state index contributed by atoms with van der Waals surface area (Å²) in [5.41, 5.74) is 23.3. The lowest BCUT2D eigenvalue weighted by atomic mass is 10.0. The molecule has 8 heteroatoms. The number of hydrogen-bond acceptors (Lipinski definition) is 3. The number of aromatic nitrogens is 4. The quantitative estimate of drug-likeness (QED) is 0.121. The first-order valence-electron chi connectivity index (χ1n) is 34.7. The minimum atomic E-state index is -2.11. The van der Waals surface area contributed by atoms with Gasteiger partial charge in [-0.3, -0.25) is 0 Å². The number of benzene rings is 15. The number of furan rings is 2. The van der Waals surface area contributed by atoms with Crippen LogP contribution in [0.2, 0.25) is 13.1 Å². The molecule has 0 fully saturated rings. The Bertz CT molecular complexity index is 6980. The fraction of sp³-hybridized carbons (Fsp3) is 0.0323. The van der Waals surface area contributed by atoms with Crippen LogP contribution in [-0.2, 0) is 6.04 Å². The van der Waals surface area contributed by atoms with Crippen LogP contribution in [0.25, 0.3) is 176 Å². The predicted octanol–water partition coefficient (Wildman–Crippen LogP) is 24.7. The topological polar surface area (TPSA) is 55.2 Å². The van der Waals surface area contributed by atoms with Crippen molar-refractivity contribution in [3.63, 3.8) is 0 Å². The van der Waals surface area contributed by atoms with Crippen LogP contribution < -0.4 is 9.92 Å². The van der Waals surface area contributed by atoms with E-state index in [1.54, 1.807) is 0 Å². The van der Waals surface area contributed by atoms with Crippen molar-refractivity contribution in [1.82, 2.24) is 18.3 Å². The highest BCUT2D eigenvalue weighted by Gasteiger charge is 2.28. The molecule has 0 atom stereocenters. The van der Waals surface area contributed by atoms with Crippen LogP contribution in [0.4, 0.5) is 0 Å². The Morgan fingerprint density at radius 2 is 0.663 bits per heavy atom. The fourth-order valence-corrected chi connectivity index (χ4v) is 19.1. The van der Waals surface area contributed by atoms with Gasteiger partial charge in [0, 0.05) is 93.5 Å². The number of fused-ring (bicyclic) bond motifs is 18. The molecule has 6 aromatic heterocycles. The Kier molecular flexibility index (Phi) is 12.5. The molecule has 0 radical (unpaired) electrons. The molecule has 0 aliphatic carbocycles. The number of nitrogens with zero attached hydrogens (tertiary/aromatic N) is 4. The summed E-state index contributed by atoms with van der Waals surface area (Å²) in [5, 5.41) is 15.7. The molecule has 0 saturated heterocycles. The second kappa shape index (κ2) is 22.1. The summed E-state index contributed by atoms with van der Waals surface area (Å²) in [6, 6.07) is 120. The summed E-state index contributed by atoms with van der Waals surface area (Å²) in [4.78, 5) is 0. The van der Waals surface area contributed by atoms with Crippen molar-refractivity contribution >= 4 is 144 Å². The average molecular weight is 1310 g/mol. The number of rotatable bonds is 11. The Labute approximate surface area is 581 Å². The van der Waals surface area contributed by atoms with Gasteiger partial charge < -0.3 is 31.8 Å². The van der Waals surface area contributed by atoms with Crippen molar-refractivity contribution in [2.24, 2.45) is 0 Å². The van der Waals surface area contributed by atoms with Crippen molar-refractivity contribution < 1.29 is 13.6 Å². The lowest BCUT2D eigenvalue weighted by Gasteiger charge is -2.24. The smallest absolute Gasteiger partial charge is 0.138 e. The summed E-state index contributed by atoms with van der Waals surface area (Å²) in [6.45, 7) is 4.99. The van der Waals surface area contributed by atoms with E-state index >= 15 is 0 Å². The summed E-state index contributed by atoms with van der Waals surface area (Å²) >= 11 is 0. The van der Waals surface area contributed by atoms with E-state index in [1.807, 2.05) is 42.5 Å². The van der Waals surface area contributed by atoms with E-state index in [0.717, 1.165) is 117 Å². The van der Waals surface area contributed by atoms with Crippen molar-refractivity contribution in [3.8, 4) is 56.5 Å². The van der Waals surface area contributed by atoms with Crippen LogP contribution in [0.5, 0.6) is 11.5 Å². The second-order valence-electron chi connectivity index (χ2n) is 27.7. The van der Waals surface area contributed by atoms with Gasteiger partial charge in [0.05, 0.1) is 52.2 Å². The van der Waals surface area contributed by atoms with Crippen LogP contribution in [0.15, 0.2) is 336 Å². The number of ether oxygens (including phenoxy) is 1. The average Bonchev–Trinajstić information content (AvgIpc) is 1.60. The standard InChI is InChI=1S/C93H62N4O3Si/c1-101(2,69-43-37-64(38-44-69)95-85-29-14-9-23-73(85)80-52-58(34-49-87(80)95)60-31-45-74-70-20-6-11-26-82(70)96(88(74)53-60)65-40-50-91-81(55-65)76-24-10-15-30-90(76)99-91)57-62-17-16-25-78-77-47-39-66(56-92(77)100-93(62)78)97-83-27-12-7-21-71(83)75-46-32-61(54-89(75)97)59-33-48-86-79(51-59)72-22-8-13-28-84(72)94(86)63-35-41-68(42-36-63)98-67-18-4-3-5-19-67/h3-56H,57H2,1-2H3. The zero-order chi connectivity index (χ0) is 66.6. The minimum absolute atomic E-state index is 0.800. The Morgan fingerprint density at radius 1 is 0.257 bits per heavy atom. The second-order valence-corrected chi connectivity index (χ2v) is 32.4. The van der Waals surface area contributed by atoms with Crippen LogP contribution >= 0.6 is 0 Å². The van der Waals surface area contributed by atoms with Gasteiger partial charge in [0.1, 0.15) is 33.8 Å². The minimum Gasteiger partial charge on any atom is -0.457 e. The van der Waals surface area contributed by atoms with Crippen LogP contribution in [0.1, 0.15) is 5.56 Å². The molecule has 7 nitrogen and oxygen atoms in total. The number of para-hydroxylation sites is 7. The highest BCUT2D eigenvalue weighted by Crippen LogP contribution is 2.44. The van der Waals surface area contributed by atoms with Gasteiger partial charge in [-0.2, -0.15) is 0 Å². The lowest BCUT2D eigenvalue weighted by molar-refractivity contribution is 0.482. The maximum atomic E-state index is 7.12. The molecule has 0 saturated carbocycles. The van der Waals surface area contributed by atoms with E-state index in [-0.39, 0.29) is 0 Å². The molecule has 101 heavy (non-hydrogen) atoms. The molecule has 0 aliphatic heterocycles. The van der Waals surface area contributed by atoms with Crippen LogP contribution in [0, 0.1) is 0 Å². The number of hydrogen-bond donors (Lipinski definition) is 0. The third kappa shape index (κ3) is 8.98. The van der Waals surface area contributed by atoms with E-state index in [2.05, 4.69) is 316 Å². The van der Waals surface area contributed by atoms with Crippen molar-refractivity contribution in [1.29, 1.82) is 0 Å². The van der Waals surface area contributed by atoms with E-state index in [4.69, 9.17) is 13.6 Å². The SMILES string of the molecule is C[Si](C)(Cc1cccc2c1oc1cc(-n3c4ccccc4c4ccc(-c5ccc6c(c5)c5ccccc5n6-c5ccc(Oc6ccccc6)cc5)cc43)ccc12)c1ccc(-n2c3ccccc3c3cc(-c4ccc5c6ccccc6n(-c6ccc7oc8ccccc8c7c6)c5c4)ccc32)cc1. The predicted molar refractivity (Wildman–Crippen MR) is 423 cm³/mol.